The number of H-pyrrole nitrogens is 1. The lowest BCUT2D eigenvalue weighted by molar-refractivity contribution is -0.122. The molecule has 7 nitrogen and oxygen atoms in total. The lowest BCUT2D eigenvalue weighted by Gasteiger charge is -2.06. The van der Waals surface area contributed by atoms with Gasteiger partial charge >= 0.3 is 0 Å². The molecule has 146 valence electrons. The van der Waals surface area contributed by atoms with Gasteiger partial charge in [0.05, 0.1) is 15.9 Å². The van der Waals surface area contributed by atoms with Crippen molar-refractivity contribution in [3.05, 3.63) is 52.5 Å². The van der Waals surface area contributed by atoms with Crippen LogP contribution in [0.4, 0.5) is 0 Å². The Kier molecular flexibility index (Phi) is 6.91. The third-order valence-corrected chi connectivity index (χ3v) is 5.08. The Labute approximate surface area is 166 Å². The maximum atomic E-state index is 11.9. The minimum atomic E-state index is -0.222. The Morgan fingerprint density at radius 2 is 1.71 bits per heavy atom. The normalized spacial score (nSPS) is 10.7. The van der Waals surface area contributed by atoms with Crippen molar-refractivity contribution in [2.75, 3.05) is 13.1 Å². The number of Topliss-reactive ketones (excluding diaryl/α,β-unsaturated/α-hetero) is 1. The van der Waals surface area contributed by atoms with Crippen LogP contribution in [0.2, 0.25) is 0 Å². The smallest absolute Gasteiger partial charge is 0.221 e. The van der Waals surface area contributed by atoms with Crippen LogP contribution in [0.25, 0.3) is 11.0 Å². The van der Waals surface area contributed by atoms with Gasteiger partial charge in [0.2, 0.25) is 11.8 Å². The van der Waals surface area contributed by atoms with Gasteiger partial charge in [0, 0.05) is 38.8 Å². The van der Waals surface area contributed by atoms with Crippen LogP contribution in [0.3, 0.4) is 0 Å². The highest BCUT2D eigenvalue weighted by Gasteiger charge is 2.10. The quantitative estimate of drug-likeness (QED) is 0.456. The second kappa shape index (κ2) is 9.80. The molecule has 0 unspecified atom stereocenters. The van der Waals surface area contributed by atoms with Crippen LogP contribution < -0.4 is 10.6 Å². The van der Waals surface area contributed by atoms with Crippen molar-refractivity contribution in [3.8, 4) is 0 Å². The van der Waals surface area contributed by atoms with E-state index in [9.17, 15) is 14.4 Å². The topological polar surface area (TPSA) is 104 Å². The Balaban J connectivity index is 1.27. The van der Waals surface area contributed by atoms with Crippen molar-refractivity contribution >= 4 is 40.0 Å². The highest BCUT2D eigenvalue weighted by Crippen LogP contribution is 2.12. The zero-order valence-corrected chi connectivity index (χ0v) is 16.2. The van der Waals surface area contributed by atoms with Crippen molar-refractivity contribution in [1.29, 1.82) is 0 Å². The molecule has 8 heteroatoms. The number of carbonyl (C=O) groups excluding carboxylic acids is 3. The van der Waals surface area contributed by atoms with Crippen LogP contribution in [0.1, 0.15) is 34.8 Å². The van der Waals surface area contributed by atoms with Gasteiger partial charge < -0.3 is 15.6 Å². The lowest BCUT2D eigenvalue weighted by atomic mass is 10.2. The van der Waals surface area contributed by atoms with E-state index in [1.807, 2.05) is 35.7 Å². The van der Waals surface area contributed by atoms with E-state index in [1.54, 1.807) is 6.07 Å². The summed E-state index contributed by atoms with van der Waals surface area (Å²) in [6.07, 6.45) is 1.11. The number of aromatic nitrogens is 2. The molecule has 2 amide bonds. The number of carbonyl (C=O) groups is 3. The maximum absolute atomic E-state index is 11.9. The Bertz CT molecular complexity index is 916. The van der Waals surface area contributed by atoms with Crippen molar-refractivity contribution < 1.29 is 14.4 Å². The number of nitrogens with zero attached hydrogens (tertiary/aromatic N) is 1. The Morgan fingerprint density at radius 3 is 2.50 bits per heavy atom. The minimum absolute atomic E-state index is 0.0338. The number of thiophene rings is 1. The number of ketones is 1. The number of amides is 2. The second-order valence-corrected chi connectivity index (χ2v) is 7.25. The van der Waals surface area contributed by atoms with Gasteiger partial charge in [-0.05, 0) is 23.6 Å². The fraction of sp³-hybridized carbons (Fsp3) is 0.300. The number of rotatable bonds is 10. The van der Waals surface area contributed by atoms with Crippen LogP contribution in [0.5, 0.6) is 0 Å². The predicted octanol–water partition coefficient (Wildman–Crippen LogP) is 2.45. The van der Waals surface area contributed by atoms with E-state index in [2.05, 4.69) is 20.6 Å². The second-order valence-electron chi connectivity index (χ2n) is 6.30. The van der Waals surface area contributed by atoms with Crippen LogP contribution in [-0.2, 0) is 16.0 Å². The lowest BCUT2D eigenvalue weighted by Crippen LogP contribution is -2.31. The number of benzene rings is 1. The van der Waals surface area contributed by atoms with E-state index in [-0.39, 0.29) is 43.4 Å². The van der Waals surface area contributed by atoms with Crippen LogP contribution in [0.15, 0.2) is 41.8 Å². The summed E-state index contributed by atoms with van der Waals surface area (Å²) in [5, 5.41) is 7.32. The zero-order chi connectivity index (χ0) is 19.8. The number of imidazole rings is 1. The fourth-order valence-electron chi connectivity index (χ4n) is 2.72. The molecule has 28 heavy (non-hydrogen) atoms. The highest BCUT2D eigenvalue weighted by atomic mass is 32.1. The average Bonchev–Trinajstić information content (AvgIpc) is 3.35. The molecule has 0 atom stereocenters. The first-order valence-electron chi connectivity index (χ1n) is 9.15. The van der Waals surface area contributed by atoms with Gasteiger partial charge in [0.25, 0.3) is 0 Å². The van der Waals surface area contributed by atoms with Gasteiger partial charge in [-0.1, -0.05) is 18.2 Å². The van der Waals surface area contributed by atoms with Gasteiger partial charge in [-0.2, -0.15) is 0 Å². The van der Waals surface area contributed by atoms with Gasteiger partial charge in [-0.25, -0.2) is 4.98 Å². The van der Waals surface area contributed by atoms with Gasteiger partial charge in [-0.15, -0.1) is 11.3 Å². The molecule has 3 aromatic rings. The maximum Gasteiger partial charge on any atom is 0.221 e. The van der Waals surface area contributed by atoms with Crippen molar-refractivity contribution in [3.63, 3.8) is 0 Å². The predicted molar refractivity (Wildman–Crippen MR) is 108 cm³/mol. The van der Waals surface area contributed by atoms with Crippen molar-refractivity contribution in [2.45, 2.75) is 25.7 Å². The van der Waals surface area contributed by atoms with Crippen LogP contribution in [-0.4, -0.2) is 40.7 Å². The summed E-state index contributed by atoms with van der Waals surface area (Å²) < 4.78 is 0. The molecule has 3 rings (SSSR count). The van der Waals surface area contributed by atoms with Crippen LogP contribution in [0, 0.1) is 0 Å². The standard InChI is InChI=1S/C20H22N4O3S/c25-16(17-6-3-13-28-17)7-8-19(26)22-12-10-20(27)21-11-9-18-23-14-4-1-2-5-15(14)24-18/h1-6,13H,7-12H2,(H,21,27)(H,22,26)(H,23,24). The summed E-state index contributed by atoms with van der Waals surface area (Å²) in [6, 6.07) is 11.3. The van der Waals surface area contributed by atoms with Gasteiger partial charge in [0.15, 0.2) is 5.78 Å². The molecule has 2 heterocycles. The molecule has 0 bridgehead atoms. The van der Waals surface area contributed by atoms with E-state index >= 15 is 0 Å². The molecule has 0 saturated heterocycles. The third-order valence-electron chi connectivity index (χ3n) is 4.17. The van der Waals surface area contributed by atoms with Gasteiger partial charge in [0.1, 0.15) is 5.82 Å². The molecule has 0 saturated carbocycles. The summed E-state index contributed by atoms with van der Waals surface area (Å²) in [5.41, 5.74) is 1.88. The molecular formula is C20H22N4O3S. The molecule has 2 aromatic heterocycles. The number of nitrogens with one attached hydrogen (secondary N) is 3. The van der Waals surface area contributed by atoms with Crippen molar-refractivity contribution in [1.82, 2.24) is 20.6 Å². The first-order chi connectivity index (χ1) is 13.6. The number of para-hydroxylation sites is 2. The van der Waals surface area contributed by atoms with Crippen molar-refractivity contribution in [2.24, 2.45) is 0 Å². The molecule has 0 aliphatic heterocycles. The Morgan fingerprint density at radius 1 is 0.929 bits per heavy atom. The van der Waals surface area contributed by atoms with Crippen LogP contribution >= 0.6 is 11.3 Å². The Hall–Kier alpha value is -3.00. The van der Waals surface area contributed by atoms with Gasteiger partial charge in [-0.3, -0.25) is 14.4 Å². The monoisotopic (exact) mass is 398 g/mol. The molecule has 0 spiro atoms. The summed E-state index contributed by atoms with van der Waals surface area (Å²) in [6.45, 7) is 0.727. The van der Waals surface area contributed by atoms with E-state index in [0.717, 1.165) is 16.9 Å². The minimum Gasteiger partial charge on any atom is -0.356 e. The summed E-state index contributed by atoms with van der Waals surface area (Å²) in [5.74, 6) is 0.435. The molecule has 0 radical (unpaired) electrons. The average molecular weight is 398 g/mol. The largest absolute Gasteiger partial charge is 0.356 e. The fourth-order valence-corrected chi connectivity index (χ4v) is 3.42. The van der Waals surface area contributed by atoms with E-state index in [4.69, 9.17) is 0 Å². The van der Waals surface area contributed by atoms with E-state index < -0.39 is 0 Å². The van der Waals surface area contributed by atoms with E-state index in [0.29, 0.717) is 17.8 Å². The molecule has 1 aromatic carbocycles. The number of fused-ring (bicyclic) bond motifs is 1. The number of aromatic amines is 1. The summed E-state index contributed by atoms with van der Waals surface area (Å²) >= 11 is 1.37. The zero-order valence-electron chi connectivity index (χ0n) is 15.4. The molecule has 0 fully saturated rings. The summed E-state index contributed by atoms with van der Waals surface area (Å²) in [7, 11) is 0. The molecule has 0 aliphatic rings. The third kappa shape index (κ3) is 5.75. The number of hydrogen-bond acceptors (Lipinski definition) is 5. The molecule has 0 aliphatic carbocycles. The van der Waals surface area contributed by atoms with E-state index in [1.165, 1.54) is 11.3 Å². The first-order valence-corrected chi connectivity index (χ1v) is 10.0. The number of hydrogen-bond donors (Lipinski definition) is 3. The highest BCUT2D eigenvalue weighted by molar-refractivity contribution is 7.12. The molecular weight excluding hydrogens is 376 g/mol. The first kappa shape index (κ1) is 19.8. The SMILES string of the molecule is O=C(CCNC(=O)CCC(=O)c1cccs1)NCCc1nc2ccccc2[nH]1. The molecule has 3 N–H and O–H groups in total. The summed E-state index contributed by atoms with van der Waals surface area (Å²) in [4.78, 5) is 43.8.